The average molecular weight is 449 g/mol. The molecule has 4 rings (SSSR count). The average Bonchev–Trinajstić information content (AvgIpc) is 2.79. The molecule has 33 heavy (non-hydrogen) atoms. The molecule has 3 aromatic rings. The maximum atomic E-state index is 13.7. The zero-order chi connectivity index (χ0) is 23.4. The van der Waals surface area contributed by atoms with Crippen molar-refractivity contribution in [2.45, 2.75) is 32.6 Å². The van der Waals surface area contributed by atoms with Gasteiger partial charge in [-0.15, -0.1) is 0 Å². The second-order valence-corrected chi connectivity index (χ2v) is 8.08. The van der Waals surface area contributed by atoms with E-state index in [0.717, 1.165) is 19.4 Å². The Balaban J connectivity index is 1.73. The number of pyridine rings is 1. The van der Waals surface area contributed by atoms with Crippen molar-refractivity contribution in [3.63, 3.8) is 0 Å². The predicted octanol–water partition coefficient (Wildman–Crippen LogP) is 4.11. The summed E-state index contributed by atoms with van der Waals surface area (Å²) in [6.45, 7) is 4.26. The maximum absolute atomic E-state index is 13.7. The van der Waals surface area contributed by atoms with E-state index in [1.165, 1.54) is 19.1 Å². The molecule has 0 radical (unpaired) electrons. The van der Waals surface area contributed by atoms with E-state index in [0.29, 0.717) is 40.8 Å². The predicted molar refractivity (Wildman–Crippen MR) is 123 cm³/mol. The van der Waals surface area contributed by atoms with Gasteiger partial charge < -0.3 is 15.5 Å². The van der Waals surface area contributed by atoms with Crippen molar-refractivity contribution in [3.05, 3.63) is 60.4 Å². The molecule has 1 aliphatic heterocycles. The standard InChI is InChI=1S/C24H25FN6O2/c1-15(32)27-21-9-18(12-26-13-21)22-11-23(28-20-7-3-6-19(25)10-20)30-24(29-22)17-5-4-8-31(14-17)16(2)33/h3,6-7,9-13,17H,4-5,8,14H2,1-2H3,(H,27,32)(H,28,29,30). The number of hydrogen-bond donors (Lipinski definition) is 2. The van der Waals surface area contributed by atoms with Gasteiger partial charge in [0.1, 0.15) is 17.5 Å². The molecular weight excluding hydrogens is 423 g/mol. The van der Waals surface area contributed by atoms with E-state index in [-0.39, 0.29) is 23.5 Å². The fourth-order valence-corrected chi connectivity index (χ4v) is 3.90. The van der Waals surface area contributed by atoms with Gasteiger partial charge in [0.15, 0.2) is 0 Å². The van der Waals surface area contributed by atoms with Crippen molar-refractivity contribution in [2.75, 3.05) is 23.7 Å². The minimum absolute atomic E-state index is 0.0258. The highest BCUT2D eigenvalue weighted by atomic mass is 19.1. The maximum Gasteiger partial charge on any atom is 0.221 e. The third-order valence-corrected chi connectivity index (χ3v) is 5.43. The molecule has 1 aromatic carbocycles. The molecular formula is C24H25FN6O2. The summed E-state index contributed by atoms with van der Waals surface area (Å²) in [4.78, 5) is 38.9. The normalized spacial score (nSPS) is 15.7. The number of aromatic nitrogens is 3. The molecule has 8 nitrogen and oxygen atoms in total. The van der Waals surface area contributed by atoms with Crippen molar-refractivity contribution < 1.29 is 14.0 Å². The van der Waals surface area contributed by atoms with E-state index in [4.69, 9.17) is 9.97 Å². The molecule has 0 spiro atoms. The Morgan fingerprint density at radius 2 is 1.94 bits per heavy atom. The van der Waals surface area contributed by atoms with E-state index in [9.17, 15) is 14.0 Å². The quantitative estimate of drug-likeness (QED) is 0.609. The number of likely N-dealkylation sites (tertiary alicyclic amines) is 1. The van der Waals surface area contributed by atoms with E-state index in [1.54, 1.807) is 43.6 Å². The Morgan fingerprint density at radius 1 is 1.09 bits per heavy atom. The lowest BCUT2D eigenvalue weighted by atomic mass is 9.97. The smallest absolute Gasteiger partial charge is 0.221 e. The first kappa shape index (κ1) is 22.3. The fourth-order valence-electron chi connectivity index (χ4n) is 3.90. The van der Waals surface area contributed by atoms with Crippen LogP contribution in [0.1, 0.15) is 38.4 Å². The van der Waals surface area contributed by atoms with Gasteiger partial charge in [0.25, 0.3) is 0 Å². The largest absolute Gasteiger partial charge is 0.342 e. The molecule has 1 unspecified atom stereocenters. The number of carbonyl (C=O) groups is 2. The summed E-state index contributed by atoms with van der Waals surface area (Å²) in [6, 6.07) is 9.68. The van der Waals surface area contributed by atoms with E-state index < -0.39 is 0 Å². The Kier molecular flexibility index (Phi) is 6.58. The lowest BCUT2D eigenvalue weighted by Crippen LogP contribution is -2.38. The second kappa shape index (κ2) is 9.72. The molecule has 1 aliphatic rings. The summed E-state index contributed by atoms with van der Waals surface area (Å²) in [5.74, 6) is 0.555. The van der Waals surface area contributed by atoms with Gasteiger partial charge in [-0.1, -0.05) is 6.07 Å². The first-order valence-electron chi connectivity index (χ1n) is 10.8. The van der Waals surface area contributed by atoms with Crippen LogP contribution in [0.15, 0.2) is 48.8 Å². The molecule has 1 saturated heterocycles. The van der Waals surface area contributed by atoms with Crippen molar-refractivity contribution in [2.24, 2.45) is 0 Å². The van der Waals surface area contributed by atoms with Crippen molar-refractivity contribution in [1.29, 1.82) is 0 Å². The Labute approximate surface area is 191 Å². The van der Waals surface area contributed by atoms with E-state index >= 15 is 0 Å². The number of anilines is 3. The third-order valence-electron chi connectivity index (χ3n) is 5.43. The van der Waals surface area contributed by atoms with Crippen LogP contribution in [0.4, 0.5) is 21.6 Å². The summed E-state index contributed by atoms with van der Waals surface area (Å²) in [6.07, 6.45) is 4.94. The van der Waals surface area contributed by atoms with Gasteiger partial charge in [0.05, 0.1) is 17.6 Å². The van der Waals surface area contributed by atoms with Crippen molar-refractivity contribution >= 4 is 29.0 Å². The highest BCUT2D eigenvalue weighted by Gasteiger charge is 2.26. The first-order valence-corrected chi connectivity index (χ1v) is 10.8. The van der Waals surface area contributed by atoms with Crippen LogP contribution in [-0.4, -0.2) is 44.8 Å². The number of rotatable bonds is 5. The highest BCUT2D eigenvalue weighted by molar-refractivity contribution is 5.89. The molecule has 2 aromatic heterocycles. The number of hydrogen-bond acceptors (Lipinski definition) is 6. The molecule has 3 heterocycles. The lowest BCUT2D eigenvalue weighted by Gasteiger charge is -2.31. The second-order valence-electron chi connectivity index (χ2n) is 8.08. The number of halogens is 1. The number of carbonyl (C=O) groups excluding carboxylic acids is 2. The van der Waals surface area contributed by atoms with Crippen LogP contribution in [0.3, 0.4) is 0 Å². The topological polar surface area (TPSA) is 100 Å². The van der Waals surface area contributed by atoms with E-state index in [2.05, 4.69) is 15.6 Å². The molecule has 1 atom stereocenters. The number of amides is 2. The van der Waals surface area contributed by atoms with Crippen LogP contribution in [0, 0.1) is 5.82 Å². The lowest BCUT2D eigenvalue weighted by molar-refractivity contribution is -0.130. The van der Waals surface area contributed by atoms with Gasteiger partial charge in [-0.3, -0.25) is 14.6 Å². The van der Waals surface area contributed by atoms with Gasteiger partial charge in [0, 0.05) is 56.4 Å². The van der Waals surface area contributed by atoms with Gasteiger partial charge in [-0.25, -0.2) is 14.4 Å². The van der Waals surface area contributed by atoms with Gasteiger partial charge >= 0.3 is 0 Å². The number of nitrogens with zero attached hydrogens (tertiary/aromatic N) is 4. The van der Waals surface area contributed by atoms with Crippen LogP contribution >= 0.6 is 0 Å². The third kappa shape index (κ3) is 5.68. The zero-order valence-corrected chi connectivity index (χ0v) is 18.5. The summed E-state index contributed by atoms with van der Waals surface area (Å²) >= 11 is 0. The van der Waals surface area contributed by atoms with Crippen LogP contribution in [0.2, 0.25) is 0 Å². The minimum atomic E-state index is -0.355. The van der Waals surface area contributed by atoms with Crippen LogP contribution in [0.5, 0.6) is 0 Å². The molecule has 1 fully saturated rings. The summed E-state index contributed by atoms with van der Waals surface area (Å²) < 4.78 is 13.7. The Morgan fingerprint density at radius 3 is 2.70 bits per heavy atom. The number of piperidine rings is 1. The first-order chi connectivity index (χ1) is 15.9. The molecule has 0 saturated carbocycles. The molecule has 2 amide bonds. The van der Waals surface area contributed by atoms with Crippen molar-refractivity contribution in [3.8, 4) is 11.3 Å². The summed E-state index contributed by atoms with van der Waals surface area (Å²) in [5.41, 5.74) is 2.43. The number of benzene rings is 1. The van der Waals surface area contributed by atoms with Gasteiger partial charge in [0.2, 0.25) is 11.8 Å². The summed E-state index contributed by atoms with van der Waals surface area (Å²) in [5, 5.41) is 5.88. The molecule has 9 heteroatoms. The zero-order valence-electron chi connectivity index (χ0n) is 18.5. The highest BCUT2D eigenvalue weighted by Crippen LogP contribution is 2.30. The van der Waals surface area contributed by atoms with Crippen molar-refractivity contribution in [1.82, 2.24) is 19.9 Å². The minimum Gasteiger partial charge on any atom is -0.342 e. The monoisotopic (exact) mass is 448 g/mol. The SMILES string of the molecule is CC(=O)Nc1cncc(-c2cc(Nc3cccc(F)c3)nc(C3CCCN(C(C)=O)C3)n2)c1. The molecule has 170 valence electrons. The van der Waals surface area contributed by atoms with Crippen LogP contribution in [-0.2, 0) is 9.59 Å². The van der Waals surface area contributed by atoms with Gasteiger partial charge in [-0.05, 0) is 37.1 Å². The Bertz CT molecular complexity index is 1190. The summed E-state index contributed by atoms with van der Waals surface area (Å²) in [7, 11) is 0. The van der Waals surface area contributed by atoms with E-state index in [1.807, 2.05) is 4.90 Å². The van der Waals surface area contributed by atoms with Gasteiger partial charge in [-0.2, -0.15) is 0 Å². The van der Waals surface area contributed by atoms with Crippen LogP contribution in [0.25, 0.3) is 11.3 Å². The number of nitrogens with one attached hydrogen (secondary N) is 2. The molecule has 2 N–H and O–H groups in total. The molecule has 0 aliphatic carbocycles. The molecule has 0 bridgehead atoms. The van der Waals surface area contributed by atoms with Crippen LogP contribution < -0.4 is 10.6 Å². The Hall–Kier alpha value is -3.88. The fraction of sp³-hybridized carbons (Fsp3) is 0.292.